The van der Waals surface area contributed by atoms with Crippen LogP contribution in [0.1, 0.15) is 48.5 Å². The second-order valence-electron chi connectivity index (χ2n) is 7.59. The van der Waals surface area contributed by atoms with E-state index in [1.165, 1.54) is 0 Å². The van der Waals surface area contributed by atoms with Gasteiger partial charge in [0.15, 0.2) is 0 Å². The second kappa shape index (κ2) is 16.1. The summed E-state index contributed by atoms with van der Waals surface area (Å²) in [5.74, 6) is -0.0518. The Balaban J connectivity index is -0.000000241. The van der Waals surface area contributed by atoms with Crippen molar-refractivity contribution in [3.05, 3.63) is 13.8 Å². The van der Waals surface area contributed by atoms with Crippen LogP contribution in [0.15, 0.2) is 0 Å². The summed E-state index contributed by atoms with van der Waals surface area (Å²) >= 11 is 0. The largest absolute Gasteiger partial charge is 0.401 e. The third-order valence-corrected chi connectivity index (χ3v) is 3.19. The zero-order valence-electron chi connectivity index (χ0n) is 16.5. The number of rotatable bonds is 3. The molecule has 3 nitrogen and oxygen atoms in total. The summed E-state index contributed by atoms with van der Waals surface area (Å²) in [6.07, 6.45) is -0.0798. The van der Waals surface area contributed by atoms with Crippen LogP contribution in [0.5, 0.6) is 0 Å². The van der Waals surface area contributed by atoms with E-state index >= 15 is 0 Å². The fourth-order valence-corrected chi connectivity index (χ4v) is 2.22. The fourth-order valence-electron chi connectivity index (χ4n) is 2.22. The van der Waals surface area contributed by atoms with E-state index in [0.717, 1.165) is 0 Å². The molecule has 1 rings (SSSR count). The summed E-state index contributed by atoms with van der Waals surface area (Å²) in [7, 11) is 0. The zero-order chi connectivity index (χ0) is 15.1. The molecule has 0 bridgehead atoms. The van der Waals surface area contributed by atoms with E-state index in [1.807, 2.05) is 48.5 Å². The number of ether oxygens (including phenoxy) is 3. The number of hydrogen-bond acceptors (Lipinski definition) is 3. The van der Waals surface area contributed by atoms with E-state index < -0.39 is 5.60 Å². The van der Waals surface area contributed by atoms with Gasteiger partial charge in [0.05, 0.1) is 23.4 Å². The van der Waals surface area contributed by atoms with Crippen LogP contribution in [-0.4, -0.2) is 35.6 Å². The maximum absolute atomic E-state index is 6.07. The van der Waals surface area contributed by atoms with E-state index in [0.29, 0.717) is 6.61 Å². The van der Waals surface area contributed by atoms with Crippen LogP contribution in [0.25, 0.3) is 0 Å². The molecule has 5 radical (unpaired) electrons. The summed E-state index contributed by atoms with van der Waals surface area (Å²) in [5, 5.41) is 0. The SMILES string of the molecule is [CH2-]C1C(OC(C)(C)C)C(C)O[C@]1([CH2-])COC(C)(C)C.[Y].[Y].[Y].[Y].[Y]. The Kier molecular flexibility index (Phi) is 26.7. The molecule has 0 aromatic carbocycles. The van der Waals surface area contributed by atoms with Gasteiger partial charge in [-0.1, -0.05) is 5.60 Å². The first-order valence-corrected chi connectivity index (χ1v) is 7.02. The van der Waals surface area contributed by atoms with Crippen molar-refractivity contribution in [3.63, 3.8) is 0 Å². The van der Waals surface area contributed by atoms with E-state index in [9.17, 15) is 0 Å². The molecule has 1 heterocycles. The van der Waals surface area contributed by atoms with Crippen molar-refractivity contribution in [1.29, 1.82) is 0 Å². The van der Waals surface area contributed by atoms with Gasteiger partial charge in [-0.2, -0.15) is 0 Å². The minimum atomic E-state index is -0.636. The maximum Gasteiger partial charge on any atom is 0.0757 e. The minimum absolute atomic E-state index is 0. The van der Waals surface area contributed by atoms with Gasteiger partial charge < -0.3 is 28.1 Å². The molecule has 0 amide bonds. The minimum Gasteiger partial charge on any atom is -0.401 e. The molecule has 0 spiro atoms. The maximum atomic E-state index is 6.07. The van der Waals surface area contributed by atoms with Gasteiger partial charge in [-0.3, -0.25) is 0 Å². The Morgan fingerprint density at radius 1 is 0.917 bits per heavy atom. The molecule has 24 heavy (non-hydrogen) atoms. The van der Waals surface area contributed by atoms with E-state index in [-0.39, 0.29) is 193 Å². The number of hydrogen-bond donors (Lipinski definition) is 0. The average molecular weight is 715 g/mol. The summed E-state index contributed by atoms with van der Waals surface area (Å²) in [4.78, 5) is 0. The van der Waals surface area contributed by atoms with Gasteiger partial charge >= 0.3 is 0 Å². The predicted molar refractivity (Wildman–Crippen MR) is 77.8 cm³/mol. The van der Waals surface area contributed by atoms with Crippen LogP contribution >= 0.6 is 0 Å². The quantitative estimate of drug-likeness (QED) is 0.420. The summed E-state index contributed by atoms with van der Waals surface area (Å²) in [6, 6.07) is 0. The van der Waals surface area contributed by atoms with Gasteiger partial charge in [-0.25, -0.2) is 0 Å². The van der Waals surface area contributed by atoms with Gasteiger partial charge in [0, 0.05) is 170 Å². The fraction of sp³-hybridized carbons (Fsp3) is 0.875. The average Bonchev–Trinajstić information content (AvgIpc) is 2.38. The summed E-state index contributed by atoms with van der Waals surface area (Å²) in [5.41, 5.74) is -1.06. The third-order valence-electron chi connectivity index (χ3n) is 3.19. The molecule has 1 saturated heterocycles. The van der Waals surface area contributed by atoms with E-state index in [1.54, 1.807) is 0 Å². The van der Waals surface area contributed by atoms with Crippen molar-refractivity contribution < 1.29 is 178 Å². The molecule has 0 aliphatic carbocycles. The molecule has 3 unspecified atom stereocenters. The second-order valence-corrected chi connectivity index (χ2v) is 7.59. The summed E-state index contributed by atoms with van der Waals surface area (Å²) < 4.78 is 17.9. The van der Waals surface area contributed by atoms with Crippen LogP contribution in [0.2, 0.25) is 0 Å². The normalized spacial score (nSPS) is 29.1. The molecule has 0 aromatic rings. The van der Waals surface area contributed by atoms with Crippen molar-refractivity contribution in [1.82, 2.24) is 0 Å². The Morgan fingerprint density at radius 2 is 1.33 bits per heavy atom. The molecule has 0 aromatic heterocycles. The van der Waals surface area contributed by atoms with Crippen LogP contribution in [-0.2, 0) is 178 Å². The van der Waals surface area contributed by atoms with Crippen molar-refractivity contribution in [2.45, 2.75) is 77.5 Å². The van der Waals surface area contributed by atoms with Crippen molar-refractivity contribution >= 4 is 0 Å². The molecule has 8 heteroatoms. The van der Waals surface area contributed by atoms with Crippen molar-refractivity contribution in [2.24, 2.45) is 5.92 Å². The monoisotopic (exact) mass is 715 g/mol. The first-order valence-electron chi connectivity index (χ1n) is 7.02. The molecule has 1 fully saturated rings. The van der Waals surface area contributed by atoms with E-state index in [4.69, 9.17) is 14.2 Å². The molecular weight excluding hydrogens is 685 g/mol. The van der Waals surface area contributed by atoms with Gasteiger partial charge in [-0.15, -0.1) is 5.92 Å². The molecule has 129 valence electrons. The van der Waals surface area contributed by atoms with Crippen LogP contribution < -0.4 is 0 Å². The topological polar surface area (TPSA) is 27.7 Å². The molecular formula is C16H30O3Y5-2. The van der Waals surface area contributed by atoms with Crippen molar-refractivity contribution in [3.8, 4) is 0 Å². The Labute approximate surface area is 275 Å². The van der Waals surface area contributed by atoms with Gasteiger partial charge in [0.2, 0.25) is 0 Å². The molecule has 1 aliphatic heterocycles. The smallest absolute Gasteiger partial charge is 0.0757 e. The first-order chi connectivity index (χ1) is 8.34. The standard InChI is InChI=1S/C16H30O3.5Y/c1-11-13(19-15(6,7)8)12(2)18-16(11,9)10-17-14(3,4)5;;;;;/h11-13H,1,9-10H2,2-8H3;;;;;/q-2;;;;;/t11?,12?,13?,16-;;;;;/m1...../s1. The molecule has 4 atom stereocenters. The third kappa shape index (κ3) is 14.4. The molecule has 0 N–H and O–H groups in total. The molecule has 1 aliphatic rings. The van der Waals surface area contributed by atoms with Crippen LogP contribution in [0.3, 0.4) is 0 Å². The predicted octanol–water partition coefficient (Wildman–Crippen LogP) is 3.41. The Morgan fingerprint density at radius 3 is 1.67 bits per heavy atom. The van der Waals surface area contributed by atoms with Crippen molar-refractivity contribution in [2.75, 3.05) is 6.61 Å². The van der Waals surface area contributed by atoms with Crippen LogP contribution in [0.4, 0.5) is 0 Å². The molecule has 0 saturated carbocycles. The van der Waals surface area contributed by atoms with Gasteiger partial charge in [0.1, 0.15) is 0 Å². The van der Waals surface area contributed by atoms with Gasteiger partial charge in [0.25, 0.3) is 0 Å². The Hall–Kier alpha value is 5.40. The van der Waals surface area contributed by atoms with E-state index in [2.05, 4.69) is 13.8 Å². The first kappa shape index (κ1) is 39.8. The van der Waals surface area contributed by atoms with Crippen LogP contribution in [0, 0.1) is 19.8 Å². The Bertz CT molecular complexity index is 318. The van der Waals surface area contributed by atoms with Gasteiger partial charge in [-0.05, 0) is 48.5 Å². The summed E-state index contributed by atoms with van der Waals surface area (Å²) in [6.45, 7) is 23.1. The zero-order valence-corrected chi connectivity index (χ0v) is 30.7.